The zero-order valence-electron chi connectivity index (χ0n) is 20.6. The van der Waals surface area contributed by atoms with Crippen molar-refractivity contribution in [1.82, 2.24) is 0 Å². The number of aliphatic hydroxyl groups excluding tert-OH is 2. The fourth-order valence-electron chi connectivity index (χ4n) is 9.83. The van der Waals surface area contributed by atoms with Gasteiger partial charge in [-0.25, -0.2) is 4.79 Å². The fraction of sp³-hybridized carbons (Fsp3) is 0.815. The maximum atomic E-state index is 13.1. The Labute approximate surface area is 196 Å². The minimum absolute atomic E-state index is 0.0736. The van der Waals surface area contributed by atoms with Gasteiger partial charge in [-0.05, 0) is 60.3 Å². The van der Waals surface area contributed by atoms with E-state index in [1.54, 1.807) is 12.5 Å². The van der Waals surface area contributed by atoms with Crippen LogP contribution in [0.4, 0.5) is 0 Å². The van der Waals surface area contributed by atoms with Gasteiger partial charge in [-0.3, -0.25) is 0 Å². The van der Waals surface area contributed by atoms with E-state index in [1.165, 1.54) is 0 Å². The van der Waals surface area contributed by atoms with E-state index in [9.17, 15) is 15.0 Å². The van der Waals surface area contributed by atoms with E-state index in [0.29, 0.717) is 12.3 Å². The molecule has 1 aromatic heterocycles. The molecule has 2 N–H and O–H groups in total. The average molecular weight is 459 g/mol. The Morgan fingerprint density at radius 2 is 1.73 bits per heavy atom. The Kier molecular flexibility index (Phi) is 4.18. The molecule has 33 heavy (non-hydrogen) atoms. The molecular formula is C27H38O6. The predicted molar refractivity (Wildman–Crippen MR) is 120 cm³/mol. The van der Waals surface area contributed by atoms with Crippen LogP contribution in [0.25, 0.3) is 0 Å². The number of ether oxygens (including phenoxy) is 2. The Hall–Kier alpha value is -1.37. The maximum absolute atomic E-state index is 13.1. The number of carbonyl (C=O) groups excluding carboxylic acids is 1. The molecule has 0 amide bonds. The van der Waals surface area contributed by atoms with Gasteiger partial charge in [-0.1, -0.05) is 41.5 Å². The molecule has 3 aliphatic carbocycles. The highest BCUT2D eigenvalue weighted by molar-refractivity contribution is 5.82. The van der Waals surface area contributed by atoms with Crippen LogP contribution in [0.5, 0.6) is 0 Å². The minimum Gasteiger partial charge on any atom is -0.472 e. The lowest BCUT2D eigenvalue weighted by molar-refractivity contribution is -0.283. The van der Waals surface area contributed by atoms with Crippen molar-refractivity contribution in [2.45, 2.75) is 97.2 Å². The van der Waals surface area contributed by atoms with Crippen molar-refractivity contribution >= 4 is 5.97 Å². The van der Waals surface area contributed by atoms with Crippen LogP contribution < -0.4 is 0 Å². The van der Waals surface area contributed by atoms with Crippen molar-refractivity contribution in [2.75, 3.05) is 0 Å². The lowest BCUT2D eigenvalue weighted by atomic mass is 9.33. The SMILES string of the molecule is CC1C[C@@H](O)C(C)(C)C2C[C@@H](O)[C@]3(C)C(CCC4(C)C(c5ccoc5)OC(=O)[C@H]5O[C@]543)[C@@]12C. The van der Waals surface area contributed by atoms with E-state index in [-0.39, 0.29) is 34.7 Å². The second kappa shape index (κ2) is 6.24. The summed E-state index contributed by atoms with van der Waals surface area (Å²) in [7, 11) is 0. The van der Waals surface area contributed by atoms with Crippen LogP contribution >= 0.6 is 0 Å². The maximum Gasteiger partial charge on any atom is 0.339 e. The number of carbonyl (C=O) groups is 1. The molecule has 6 rings (SSSR count). The second-order valence-electron chi connectivity index (χ2n) is 13.0. The van der Waals surface area contributed by atoms with E-state index in [4.69, 9.17) is 13.9 Å². The van der Waals surface area contributed by atoms with Gasteiger partial charge in [0, 0.05) is 16.4 Å². The number of cyclic esters (lactones) is 1. The molecule has 2 aliphatic heterocycles. The van der Waals surface area contributed by atoms with Gasteiger partial charge in [0.15, 0.2) is 6.10 Å². The first-order chi connectivity index (χ1) is 15.4. The van der Waals surface area contributed by atoms with Gasteiger partial charge in [-0.15, -0.1) is 0 Å². The van der Waals surface area contributed by atoms with E-state index in [0.717, 1.165) is 24.8 Å². The Morgan fingerprint density at radius 3 is 2.39 bits per heavy atom. The zero-order valence-corrected chi connectivity index (χ0v) is 20.6. The van der Waals surface area contributed by atoms with Crippen LogP contribution in [0.2, 0.25) is 0 Å². The van der Waals surface area contributed by atoms with Gasteiger partial charge in [-0.2, -0.15) is 0 Å². The van der Waals surface area contributed by atoms with Crippen LogP contribution in [-0.4, -0.2) is 40.1 Å². The van der Waals surface area contributed by atoms with Crippen LogP contribution in [-0.2, 0) is 14.3 Å². The number of hydrogen-bond acceptors (Lipinski definition) is 6. The molecule has 6 nitrogen and oxygen atoms in total. The summed E-state index contributed by atoms with van der Waals surface area (Å²) in [6.45, 7) is 13.3. The summed E-state index contributed by atoms with van der Waals surface area (Å²) >= 11 is 0. The number of epoxide rings is 1. The Bertz CT molecular complexity index is 987. The lowest BCUT2D eigenvalue weighted by Gasteiger charge is -2.71. The third-order valence-electron chi connectivity index (χ3n) is 11.9. The van der Waals surface area contributed by atoms with E-state index < -0.39 is 34.7 Å². The smallest absolute Gasteiger partial charge is 0.339 e. The molecule has 0 aromatic carbocycles. The van der Waals surface area contributed by atoms with Crippen LogP contribution in [0.3, 0.4) is 0 Å². The van der Waals surface area contributed by atoms with E-state index in [1.807, 2.05) is 6.07 Å². The monoisotopic (exact) mass is 458 g/mol. The number of esters is 1. The largest absolute Gasteiger partial charge is 0.472 e. The second-order valence-corrected chi connectivity index (χ2v) is 13.0. The first-order valence-corrected chi connectivity index (χ1v) is 12.6. The van der Waals surface area contributed by atoms with Crippen LogP contribution in [0, 0.1) is 39.4 Å². The number of hydrogen-bond donors (Lipinski definition) is 2. The first-order valence-electron chi connectivity index (χ1n) is 12.6. The highest BCUT2D eigenvalue weighted by Crippen LogP contribution is 2.80. The molecule has 3 heterocycles. The molecule has 2 saturated heterocycles. The summed E-state index contributed by atoms with van der Waals surface area (Å²) in [5, 5.41) is 22.9. The third kappa shape index (κ3) is 2.21. The highest BCUT2D eigenvalue weighted by Gasteiger charge is 2.88. The lowest BCUT2D eigenvalue weighted by Crippen LogP contribution is -2.74. The minimum atomic E-state index is -0.770. The zero-order chi connectivity index (χ0) is 23.8. The summed E-state index contributed by atoms with van der Waals surface area (Å²) < 4.78 is 17.8. The molecule has 11 atom stereocenters. The summed E-state index contributed by atoms with van der Waals surface area (Å²) in [4.78, 5) is 13.1. The summed E-state index contributed by atoms with van der Waals surface area (Å²) in [5.74, 6) is 0.345. The van der Waals surface area contributed by atoms with Gasteiger partial charge in [0.1, 0.15) is 11.7 Å². The topological polar surface area (TPSA) is 92.4 Å². The molecule has 0 radical (unpaired) electrons. The summed E-state index contributed by atoms with van der Waals surface area (Å²) in [5.41, 5.74) is -1.33. The number of aliphatic hydroxyl groups is 2. The van der Waals surface area contributed by atoms with Crippen molar-refractivity contribution in [1.29, 1.82) is 0 Å². The molecule has 5 fully saturated rings. The number of rotatable bonds is 1. The van der Waals surface area contributed by atoms with Crippen LogP contribution in [0.1, 0.15) is 78.9 Å². The van der Waals surface area contributed by atoms with Crippen molar-refractivity contribution in [3.05, 3.63) is 24.2 Å². The summed E-state index contributed by atoms with van der Waals surface area (Å²) in [6.07, 6.45) is 4.32. The first kappa shape index (κ1) is 22.1. The quantitative estimate of drug-likeness (QED) is 0.483. The van der Waals surface area contributed by atoms with Crippen molar-refractivity contribution < 1.29 is 28.9 Å². The average Bonchev–Trinajstić information content (AvgIpc) is 3.32. The Balaban J connectivity index is 1.51. The molecule has 5 unspecified atom stereocenters. The number of fused-ring (bicyclic) bond motifs is 3. The van der Waals surface area contributed by atoms with E-state index >= 15 is 0 Å². The van der Waals surface area contributed by atoms with E-state index in [2.05, 4.69) is 41.5 Å². The van der Waals surface area contributed by atoms with Gasteiger partial charge in [0.2, 0.25) is 0 Å². The van der Waals surface area contributed by atoms with Gasteiger partial charge in [0.05, 0.1) is 24.7 Å². The molecule has 6 heteroatoms. The molecular weight excluding hydrogens is 420 g/mol. The normalized spacial score (nSPS) is 56.6. The summed E-state index contributed by atoms with van der Waals surface area (Å²) in [6, 6.07) is 1.87. The molecule has 1 aromatic rings. The predicted octanol–water partition coefficient (Wildman–Crippen LogP) is 4.25. The van der Waals surface area contributed by atoms with Gasteiger partial charge >= 0.3 is 5.97 Å². The Morgan fingerprint density at radius 1 is 1.00 bits per heavy atom. The number of furan rings is 1. The molecule has 0 bridgehead atoms. The van der Waals surface area contributed by atoms with Crippen LogP contribution in [0.15, 0.2) is 23.0 Å². The van der Waals surface area contributed by atoms with Crippen molar-refractivity contribution in [3.63, 3.8) is 0 Å². The molecule has 1 spiro atoms. The third-order valence-corrected chi connectivity index (χ3v) is 11.9. The van der Waals surface area contributed by atoms with Gasteiger partial charge < -0.3 is 24.1 Å². The van der Waals surface area contributed by atoms with Crippen molar-refractivity contribution in [3.8, 4) is 0 Å². The molecule has 182 valence electrons. The highest BCUT2D eigenvalue weighted by atomic mass is 16.7. The van der Waals surface area contributed by atoms with Gasteiger partial charge in [0.25, 0.3) is 0 Å². The van der Waals surface area contributed by atoms with Crippen molar-refractivity contribution in [2.24, 2.45) is 39.4 Å². The molecule has 3 saturated carbocycles. The fourth-order valence-corrected chi connectivity index (χ4v) is 9.83. The standard InChI is InChI=1S/C27H38O6/c1-14-11-18(28)23(2,3)17-12-19(29)26(6)16(25(14,17)5)7-9-24(4)20(15-8-10-31-13-15)32-22(30)21-27(24,26)33-21/h8,10,13-14,16-21,28-29H,7,9,11-12H2,1-6H3/t14?,16?,17?,18-,19-,20?,21-,24?,25-,26+,27-/m1/s1. The molecule has 5 aliphatic rings.